The number of amides is 1. The number of carbonyl (C=O) groups is 1. The summed E-state index contributed by atoms with van der Waals surface area (Å²) in [5.74, 6) is 5.21. The van der Waals surface area contributed by atoms with E-state index in [0.717, 1.165) is 33.9 Å². The lowest BCUT2D eigenvalue weighted by molar-refractivity contribution is -0.118. The Hall–Kier alpha value is -2.49. The predicted octanol–water partition coefficient (Wildman–Crippen LogP) is 4.49. The number of nitrogens with zero attached hydrogens (tertiary/aromatic N) is 2. The SMILES string of the molecule is C#CCn1c(=NC(=O)CCCSCc2ccccc2)sc2cc(OC)ccc21. The van der Waals surface area contributed by atoms with Gasteiger partial charge < -0.3 is 9.30 Å². The van der Waals surface area contributed by atoms with Crippen LogP contribution >= 0.6 is 23.1 Å². The van der Waals surface area contributed by atoms with Gasteiger partial charge in [0.15, 0.2) is 4.80 Å². The van der Waals surface area contributed by atoms with Crippen molar-refractivity contribution in [2.24, 2.45) is 4.99 Å². The summed E-state index contributed by atoms with van der Waals surface area (Å²) in [6.07, 6.45) is 6.76. The van der Waals surface area contributed by atoms with Crippen LogP contribution in [0.25, 0.3) is 10.2 Å². The molecule has 0 aliphatic heterocycles. The van der Waals surface area contributed by atoms with Crippen LogP contribution in [0.5, 0.6) is 5.75 Å². The van der Waals surface area contributed by atoms with E-state index < -0.39 is 0 Å². The lowest BCUT2D eigenvalue weighted by Crippen LogP contribution is -2.16. The van der Waals surface area contributed by atoms with E-state index in [0.29, 0.717) is 17.8 Å². The summed E-state index contributed by atoms with van der Waals surface area (Å²) in [7, 11) is 1.63. The quantitative estimate of drug-likeness (QED) is 0.406. The molecule has 3 aromatic rings. The molecule has 4 nitrogen and oxygen atoms in total. The molecule has 0 atom stereocenters. The number of hydrogen-bond acceptors (Lipinski definition) is 4. The molecular formula is C22H22N2O2S2. The first-order chi connectivity index (χ1) is 13.7. The van der Waals surface area contributed by atoms with Crippen molar-refractivity contribution in [2.45, 2.75) is 25.1 Å². The summed E-state index contributed by atoms with van der Waals surface area (Å²) < 4.78 is 8.18. The fraction of sp³-hybridized carbons (Fsp3) is 0.273. The summed E-state index contributed by atoms with van der Waals surface area (Å²) in [6.45, 7) is 0.380. The fourth-order valence-electron chi connectivity index (χ4n) is 2.76. The Kier molecular flexibility index (Phi) is 7.35. The number of ether oxygens (including phenoxy) is 1. The van der Waals surface area contributed by atoms with Gasteiger partial charge in [-0.15, -0.1) is 6.42 Å². The Morgan fingerprint density at radius 3 is 2.86 bits per heavy atom. The molecule has 1 heterocycles. The maximum Gasteiger partial charge on any atom is 0.248 e. The monoisotopic (exact) mass is 410 g/mol. The van der Waals surface area contributed by atoms with Gasteiger partial charge >= 0.3 is 0 Å². The van der Waals surface area contributed by atoms with E-state index >= 15 is 0 Å². The smallest absolute Gasteiger partial charge is 0.248 e. The summed E-state index contributed by atoms with van der Waals surface area (Å²) in [5, 5.41) is 0. The fourth-order valence-corrected chi connectivity index (χ4v) is 4.76. The molecule has 0 spiro atoms. The van der Waals surface area contributed by atoms with Gasteiger partial charge in [0, 0.05) is 12.2 Å². The molecular weight excluding hydrogens is 388 g/mol. The number of fused-ring (bicyclic) bond motifs is 1. The lowest BCUT2D eigenvalue weighted by Gasteiger charge is -2.02. The van der Waals surface area contributed by atoms with E-state index in [4.69, 9.17) is 11.2 Å². The molecule has 1 amide bonds. The van der Waals surface area contributed by atoms with Crippen molar-refractivity contribution >= 4 is 39.2 Å². The Bertz CT molecular complexity index is 1050. The van der Waals surface area contributed by atoms with Crippen molar-refractivity contribution in [3.8, 4) is 18.1 Å². The van der Waals surface area contributed by atoms with E-state index in [-0.39, 0.29) is 5.91 Å². The zero-order valence-electron chi connectivity index (χ0n) is 15.8. The van der Waals surface area contributed by atoms with Crippen LogP contribution in [0.15, 0.2) is 53.5 Å². The van der Waals surface area contributed by atoms with E-state index in [1.807, 2.05) is 52.7 Å². The van der Waals surface area contributed by atoms with E-state index in [2.05, 4.69) is 23.0 Å². The minimum absolute atomic E-state index is 0.107. The normalized spacial score (nSPS) is 11.5. The second-order valence-corrected chi connectivity index (χ2v) is 8.27. The Labute approximate surface area is 173 Å². The molecule has 0 aliphatic carbocycles. The van der Waals surface area contributed by atoms with Crippen molar-refractivity contribution in [1.82, 2.24) is 4.57 Å². The minimum atomic E-state index is -0.107. The number of aromatic nitrogens is 1. The standard InChI is InChI=1S/C22H22N2O2S2/c1-3-13-24-19-12-11-18(26-2)15-20(19)28-22(24)23-21(25)10-7-14-27-16-17-8-5-4-6-9-17/h1,4-6,8-9,11-12,15H,7,10,13-14,16H2,2H3. The number of rotatable bonds is 8. The number of thiazole rings is 1. The summed E-state index contributed by atoms with van der Waals surface area (Å²) in [6, 6.07) is 16.1. The highest BCUT2D eigenvalue weighted by molar-refractivity contribution is 7.98. The number of methoxy groups -OCH3 is 1. The molecule has 3 rings (SSSR count). The first-order valence-electron chi connectivity index (χ1n) is 9.01. The largest absolute Gasteiger partial charge is 0.497 e. The second kappa shape index (κ2) is 10.2. The molecule has 0 unspecified atom stereocenters. The third-order valence-electron chi connectivity index (χ3n) is 4.15. The zero-order chi connectivity index (χ0) is 19.8. The average Bonchev–Trinajstić information content (AvgIpc) is 3.05. The number of terminal acetylenes is 1. The molecule has 6 heteroatoms. The zero-order valence-corrected chi connectivity index (χ0v) is 17.4. The van der Waals surface area contributed by atoms with Gasteiger partial charge in [-0.25, -0.2) is 0 Å². The maximum absolute atomic E-state index is 12.3. The molecule has 1 aromatic heterocycles. The lowest BCUT2D eigenvalue weighted by atomic mass is 10.2. The second-order valence-electron chi connectivity index (χ2n) is 6.16. The van der Waals surface area contributed by atoms with Gasteiger partial charge in [0.25, 0.3) is 0 Å². The molecule has 0 bridgehead atoms. The van der Waals surface area contributed by atoms with Crippen molar-refractivity contribution in [3.63, 3.8) is 0 Å². The number of benzene rings is 2. The van der Waals surface area contributed by atoms with Crippen LogP contribution in [0.3, 0.4) is 0 Å². The van der Waals surface area contributed by atoms with Crippen LogP contribution in [-0.2, 0) is 17.1 Å². The van der Waals surface area contributed by atoms with Gasteiger partial charge in [0.05, 0.1) is 23.9 Å². The molecule has 0 saturated heterocycles. The van der Waals surface area contributed by atoms with Crippen LogP contribution in [-0.4, -0.2) is 23.3 Å². The molecule has 144 valence electrons. The first-order valence-corrected chi connectivity index (χ1v) is 11.0. The summed E-state index contributed by atoms with van der Waals surface area (Å²) in [5.41, 5.74) is 2.27. The number of hydrogen-bond donors (Lipinski definition) is 0. The van der Waals surface area contributed by atoms with Crippen LogP contribution < -0.4 is 9.54 Å². The third kappa shape index (κ3) is 5.28. The minimum Gasteiger partial charge on any atom is -0.497 e. The highest BCUT2D eigenvalue weighted by Gasteiger charge is 2.08. The van der Waals surface area contributed by atoms with Gasteiger partial charge in [-0.3, -0.25) is 4.79 Å². The maximum atomic E-state index is 12.3. The Morgan fingerprint density at radius 2 is 2.11 bits per heavy atom. The van der Waals surface area contributed by atoms with Crippen LogP contribution in [0, 0.1) is 12.3 Å². The molecule has 0 radical (unpaired) electrons. The average molecular weight is 411 g/mol. The first kappa shape index (κ1) is 20.2. The molecule has 0 aliphatic rings. The molecule has 2 aromatic carbocycles. The Morgan fingerprint density at radius 1 is 1.29 bits per heavy atom. The number of carbonyl (C=O) groups excluding carboxylic acids is 1. The topological polar surface area (TPSA) is 43.6 Å². The van der Waals surface area contributed by atoms with Crippen molar-refractivity contribution in [2.75, 3.05) is 12.9 Å². The van der Waals surface area contributed by atoms with Crippen molar-refractivity contribution < 1.29 is 9.53 Å². The van der Waals surface area contributed by atoms with Crippen molar-refractivity contribution in [1.29, 1.82) is 0 Å². The molecule has 0 N–H and O–H groups in total. The molecule has 28 heavy (non-hydrogen) atoms. The highest BCUT2D eigenvalue weighted by Crippen LogP contribution is 2.23. The van der Waals surface area contributed by atoms with Crippen LogP contribution in [0.4, 0.5) is 0 Å². The highest BCUT2D eigenvalue weighted by atomic mass is 32.2. The number of thioether (sulfide) groups is 1. The van der Waals surface area contributed by atoms with E-state index in [9.17, 15) is 4.79 Å². The predicted molar refractivity (Wildman–Crippen MR) is 118 cm³/mol. The van der Waals surface area contributed by atoms with E-state index in [1.165, 1.54) is 16.9 Å². The van der Waals surface area contributed by atoms with Gasteiger partial charge in [-0.1, -0.05) is 47.6 Å². The van der Waals surface area contributed by atoms with Gasteiger partial charge in [0.2, 0.25) is 5.91 Å². The molecule has 0 saturated carbocycles. The Balaban J connectivity index is 1.63. The summed E-state index contributed by atoms with van der Waals surface area (Å²) in [4.78, 5) is 17.3. The van der Waals surface area contributed by atoms with E-state index in [1.54, 1.807) is 7.11 Å². The third-order valence-corrected chi connectivity index (χ3v) is 6.31. The van der Waals surface area contributed by atoms with Gasteiger partial charge in [-0.2, -0.15) is 16.8 Å². The van der Waals surface area contributed by atoms with Crippen molar-refractivity contribution in [3.05, 3.63) is 58.9 Å². The van der Waals surface area contributed by atoms with Gasteiger partial charge in [0.1, 0.15) is 5.75 Å². The van der Waals surface area contributed by atoms with Gasteiger partial charge in [-0.05, 0) is 35.9 Å². The van der Waals surface area contributed by atoms with Crippen LogP contribution in [0.2, 0.25) is 0 Å². The summed E-state index contributed by atoms with van der Waals surface area (Å²) >= 11 is 3.29. The van der Waals surface area contributed by atoms with Crippen LogP contribution in [0.1, 0.15) is 18.4 Å². The molecule has 0 fully saturated rings.